The Balaban J connectivity index is 1.78. The molecule has 1 aliphatic heterocycles. The molecule has 0 spiro atoms. The van der Waals surface area contributed by atoms with Crippen molar-refractivity contribution in [1.82, 2.24) is 0 Å². The van der Waals surface area contributed by atoms with Crippen molar-refractivity contribution in [2.24, 2.45) is 0 Å². The van der Waals surface area contributed by atoms with Gasteiger partial charge in [0.25, 0.3) is 6.23 Å². The second-order valence-corrected chi connectivity index (χ2v) is 6.52. The van der Waals surface area contributed by atoms with Crippen LogP contribution in [0.15, 0.2) is 59.8 Å². The molecule has 2 heterocycles. The Morgan fingerprint density at radius 1 is 1.12 bits per heavy atom. The summed E-state index contributed by atoms with van der Waals surface area (Å²) in [5.74, 6) is 0. The summed E-state index contributed by atoms with van der Waals surface area (Å²) >= 11 is 1.11. The van der Waals surface area contributed by atoms with Gasteiger partial charge in [-0.2, -0.15) is 4.57 Å². The molecule has 0 bridgehead atoms. The molecule has 7 heteroatoms. The molecule has 6 nitrogen and oxygen atoms in total. The second-order valence-electron chi connectivity index (χ2n) is 5.47. The molecule has 0 aliphatic carbocycles. The van der Waals surface area contributed by atoms with Crippen molar-refractivity contribution in [2.75, 3.05) is 6.61 Å². The summed E-state index contributed by atoms with van der Waals surface area (Å²) in [6, 6.07) is 12.7. The molecule has 0 unspecified atom stereocenters. The number of hydrogen-bond donors (Lipinski definition) is 3. The van der Waals surface area contributed by atoms with E-state index >= 15 is 0 Å². The van der Waals surface area contributed by atoms with Gasteiger partial charge in [-0.1, -0.05) is 18.2 Å². The lowest BCUT2D eigenvalue weighted by molar-refractivity contribution is -0.765. The van der Waals surface area contributed by atoms with Crippen LogP contribution in [0.25, 0.3) is 0 Å². The molecule has 1 aromatic carbocycles. The molecule has 24 heavy (non-hydrogen) atoms. The fraction of sp³-hybridized carbons (Fsp3) is 0.294. The lowest BCUT2D eigenvalue weighted by Gasteiger charge is -2.10. The van der Waals surface area contributed by atoms with Gasteiger partial charge in [-0.25, -0.2) is 0 Å². The number of aliphatic hydroxyl groups excluding tert-OH is 3. The van der Waals surface area contributed by atoms with Crippen LogP contribution in [0.3, 0.4) is 0 Å². The third kappa shape index (κ3) is 3.50. The summed E-state index contributed by atoms with van der Waals surface area (Å²) in [6.45, 7) is -0.391. The van der Waals surface area contributed by atoms with Crippen LogP contribution in [-0.2, 0) is 4.74 Å². The quantitative estimate of drug-likeness (QED) is 0.551. The highest BCUT2D eigenvalue weighted by atomic mass is 32.2. The average Bonchev–Trinajstić information content (AvgIpc) is 2.91. The van der Waals surface area contributed by atoms with E-state index in [-0.39, 0.29) is 5.12 Å². The van der Waals surface area contributed by atoms with E-state index in [1.807, 2.05) is 30.3 Å². The molecule has 2 aromatic rings. The first-order valence-electron chi connectivity index (χ1n) is 7.50. The van der Waals surface area contributed by atoms with Crippen molar-refractivity contribution < 1.29 is 29.4 Å². The monoisotopic (exact) mass is 348 g/mol. The highest BCUT2D eigenvalue weighted by Gasteiger charge is 2.47. The van der Waals surface area contributed by atoms with Crippen molar-refractivity contribution in [2.45, 2.75) is 29.4 Å². The topological polar surface area (TPSA) is 90.9 Å². The van der Waals surface area contributed by atoms with E-state index in [0.717, 1.165) is 16.7 Å². The van der Waals surface area contributed by atoms with Gasteiger partial charge >= 0.3 is 0 Å². The fourth-order valence-corrected chi connectivity index (χ4v) is 3.30. The van der Waals surface area contributed by atoms with Crippen molar-refractivity contribution in [3.63, 3.8) is 0 Å². The van der Waals surface area contributed by atoms with Crippen molar-refractivity contribution in [1.29, 1.82) is 0 Å². The van der Waals surface area contributed by atoms with E-state index in [1.54, 1.807) is 24.5 Å². The summed E-state index contributed by atoms with van der Waals surface area (Å²) < 4.78 is 7.00. The summed E-state index contributed by atoms with van der Waals surface area (Å²) in [6.07, 6.45) is -0.852. The number of carbonyl (C=O) groups excluding carboxylic acids is 1. The van der Waals surface area contributed by atoms with Crippen LogP contribution in [0, 0.1) is 0 Å². The van der Waals surface area contributed by atoms with Gasteiger partial charge in [0, 0.05) is 11.0 Å². The van der Waals surface area contributed by atoms with Crippen molar-refractivity contribution in [3.05, 3.63) is 60.4 Å². The Morgan fingerprint density at radius 2 is 1.88 bits per heavy atom. The number of thioether (sulfide) groups is 1. The SMILES string of the molecule is O=C(Sc1ccccc1)c1ccc[n+]([C@@H]2O[C@H](CO)[C@@H](O)[C@H]2O)c1. The molecule has 3 N–H and O–H groups in total. The van der Waals surface area contributed by atoms with E-state index in [1.165, 1.54) is 4.57 Å². The molecular weight excluding hydrogens is 330 g/mol. The zero-order valence-corrected chi connectivity index (χ0v) is 13.5. The van der Waals surface area contributed by atoms with Gasteiger partial charge in [0.1, 0.15) is 12.2 Å². The number of hydrogen-bond acceptors (Lipinski definition) is 6. The van der Waals surface area contributed by atoms with Crippen LogP contribution in [-0.4, -0.2) is 45.4 Å². The van der Waals surface area contributed by atoms with Crippen LogP contribution in [0.1, 0.15) is 16.6 Å². The molecule has 3 rings (SSSR count). The highest BCUT2D eigenvalue weighted by Crippen LogP contribution is 2.26. The van der Waals surface area contributed by atoms with E-state index < -0.39 is 31.1 Å². The van der Waals surface area contributed by atoms with Crippen LogP contribution >= 0.6 is 11.8 Å². The molecule has 126 valence electrons. The smallest absolute Gasteiger partial charge is 0.292 e. The fourth-order valence-electron chi connectivity index (χ4n) is 2.55. The summed E-state index contributed by atoms with van der Waals surface area (Å²) in [7, 11) is 0. The van der Waals surface area contributed by atoms with Crippen LogP contribution in [0.4, 0.5) is 0 Å². The van der Waals surface area contributed by atoms with Gasteiger partial charge in [-0.05, 0) is 30.0 Å². The minimum absolute atomic E-state index is 0.137. The molecule has 1 aromatic heterocycles. The highest BCUT2D eigenvalue weighted by molar-refractivity contribution is 8.14. The van der Waals surface area contributed by atoms with Crippen molar-refractivity contribution in [3.8, 4) is 0 Å². The maximum Gasteiger partial charge on any atom is 0.292 e. The molecular formula is C17H18NO5S+. The number of aliphatic hydroxyl groups is 3. The van der Waals surface area contributed by atoms with Crippen LogP contribution < -0.4 is 4.57 Å². The Bertz CT molecular complexity index is 711. The molecule has 1 saturated heterocycles. The summed E-state index contributed by atoms with van der Waals surface area (Å²) in [5.41, 5.74) is 0.448. The number of pyridine rings is 1. The van der Waals surface area contributed by atoms with Gasteiger partial charge in [0.2, 0.25) is 5.12 Å². The second kappa shape index (κ2) is 7.42. The number of rotatable bonds is 4. The number of carbonyl (C=O) groups is 1. The minimum Gasteiger partial charge on any atom is -0.394 e. The largest absolute Gasteiger partial charge is 0.394 e. The molecule has 4 atom stereocenters. The zero-order valence-electron chi connectivity index (χ0n) is 12.7. The van der Waals surface area contributed by atoms with Gasteiger partial charge in [-0.15, -0.1) is 0 Å². The lowest BCUT2D eigenvalue weighted by atomic mass is 10.1. The van der Waals surface area contributed by atoms with E-state index in [4.69, 9.17) is 9.84 Å². The van der Waals surface area contributed by atoms with Crippen LogP contribution in [0.5, 0.6) is 0 Å². The number of nitrogens with zero attached hydrogens (tertiary/aromatic N) is 1. The molecule has 0 amide bonds. The van der Waals surface area contributed by atoms with E-state index in [0.29, 0.717) is 5.56 Å². The van der Waals surface area contributed by atoms with Gasteiger partial charge in [0.15, 0.2) is 18.5 Å². The normalized spacial score (nSPS) is 26.5. The standard InChI is InChI=1S/C17H18NO5S/c19-10-13-14(20)15(21)16(23-13)18-8-4-5-11(9-18)17(22)24-12-6-2-1-3-7-12/h1-9,13-16,19-21H,10H2/q+1/t13-,14-,15-,16-/m1/s1. The Kier molecular flexibility index (Phi) is 5.27. The van der Waals surface area contributed by atoms with Crippen molar-refractivity contribution >= 4 is 16.9 Å². The Morgan fingerprint density at radius 3 is 2.54 bits per heavy atom. The van der Waals surface area contributed by atoms with Crippen LogP contribution in [0.2, 0.25) is 0 Å². The average molecular weight is 348 g/mol. The number of ether oxygens (including phenoxy) is 1. The summed E-state index contributed by atoms with van der Waals surface area (Å²) in [5, 5.41) is 28.9. The summed E-state index contributed by atoms with van der Waals surface area (Å²) in [4.78, 5) is 13.2. The molecule has 1 fully saturated rings. The maximum absolute atomic E-state index is 12.4. The van der Waals surface area contributed by atoms with Gasteiger partial charge < -0.3 is 20.1 Å². The third-order valence-electron chi connectivity index (χ3n) is 3.82. The molecule has 1 aliphatic rings. The Hall–Kier alpha value is -1.77. The number of aromatic nitrogens is 1. The number of benzene rings is 1. The first-order valence-corrected chi connectivity index (χ1v) is 8.32. The Labute approximate surface area is 143 Å². The van der Waals surface area contributed by atoms with Gasteiger partial charge in [0.05, 0.1) is 12.2 Å². The molecule has 0 radical (unpaired) electrons. The minimum atomic E-state index is -1.18. The van der Waals surface area contributed by atoms with E-state index in [2.05, 4.69) is 0 Å². The third-order valence-corrected chi connectivity index (χ3v) is 4.75. The maximum atomic E-state index is 12.4. The first-order chi connectivity index (χ1) is 11.6. The van der Waals surface area contributed by atoms with E-state index in [9.17, 15) is 15.0 Å². The van der Waals surface area contributed by atoms with Gasteiger partial charge in [-0.3, -0.25) is 4.79 Å². The first kappa shape index (κ1) is 17.1. The zero-order chi connectivity index (χ0) is 17.1. The predicted molar refractivity (Wildman–Crippen MR) is 86.3 cm³/mol. The lowest BCUT2D eigenvalue weighted by Crippen LogP contribution is -2.46. The predicted octanol–water partition coefficient (Wildman–Crippen LogP) is 0.518. The molecule has 0 saturated carbocycles.